The van der Waals surface area contributed by atoms with E-state index in [2.05, 4.69) is 45.9 Å². The first kappa shape index (κ1) is 24.1. The van der Waals surface area contributed by atoms with Gasteiger partial charge in [0, 0.05) is 31.5 Å². The van der Waals surface area contributed by atoms with Crippen molar-refractivity contribution in [2.75, 3.05) is 21.3 Å². The lowest BCUT2D eigenvalue weighted by Crippen LogP contribution is -2.39. The minimum Gasteiger partial charge on any atom is -0.497 e. The van der Waals surface area contributed by atoms with Crippen LogP contribution in [0.25, 0.3) is 0 Å². The van der Waals surface area contributed by atoms with E-state index in [0.717, 1.165) is 29.4 Å². The average molecular weight is 501 g/mol. The maximum Gasteiger partial charge on any atom is 0.191 e. The summed E-state index contributed by atoms with van der Waals surface area (Å²) in [5.74, 6) is 3.84. The minimum atomic E-state index is -0.0170. The van der Waals surface area contributed by atoms with Crippen LogP contribution in [-0.2, 0) is 13.1 Å². The summed E-state index contributed by atoms with van der Waals surface area (Å²) >= 11 is 0. The van der Waals surface area contributed by atoms with Crippen LogP contribution in [0.1, 0.15) is 38.2 Å². The molecule has 0 fully saturated rings. The van der Waals surface area contributed by atoms with Gasteiger partial charge in [-0.25, -0.2) is 4.98 Å². The van der Waals surface area contributed by atoms with Crippen LogP contribution in [0.2, 0.25) is 0 Å². The molecule has 0 bridgehead atoms. The Labute approximate surface area is 185 Å². The second-order valence-electron chi connectivity index (χ2n) is 6.79. The van der Waals surface area contributed by atoms with E-state index in [4.69, 9.17) is 9.47 Å². The van der Waals surface area contributed by atoms with Crippen LogP contribution < -0.4 is 20.1 Å². The quantitative estimate of drug-likeness (QED) is 0.329. The Hall–Kier alpha value is -1.97. The first-order valence-corrected chi connectivity index (χ1v) is 9.17. The first-order valence-electron chi connectivity index (χ1n) is 9.17. The molecule has 1 heterocycles. The zero-order valence-electron chi connectivity index (χ0n) is 17.5. The van der Waals surface area contributed by atoms with Crippen LogP contribution in [0.5, 0.6) is 11.5 Å². The summed E-state index contributed by atoms with van der Waals surface area (Å²) < 4.78 is 13.0. The van der Waals surface area contributed by atoms with Gasteiger partial charge in [0.1, 0.15) is 17.3 Å². The standard InChI is InChI=1S/C20H31N5O2.HI/c1-14(2)13-25-10-9-22-19(25)12-23-20(21-4)24-15(3)17-11-16(26-5)7-8-18(17)27-6;/h7-11,14-15H,12-13H2,1-6H3,(H2,21,23,24);1H. The van der Waals surface area contributed by atoms with Crippen molar-refractivity contribution >= 4 is 29.9 Å². The number of imidazole rings is 1. The smallest absolute Gasteiger partial charge is 0.191 e. The molecule has 0 saturated heterocycles. The normalized spacial score (nSPS) is 12.3. The van der Waals surface area contributed by atoms with E-state index < -0.39 is 0 Å². The van der Waals surface area contributed by atoms with Gasteiger partial charge in [-0.05, 0) is 31.0 Å². The molecule has 2 rings (SSSR count). The number of halogens is 1. The number of nitrogens with zero attached hydrogens (tertiary/aromatic N) is 3. The predicted molar refractivity (Wildman–Crippen MR) is 124 cm³/mol. The fourth-order valence-electron chi connectivity index (χ4n) is 2.88. The molecule has 2 aromatic rings. The van der Waals surface area contributed by atoms with Crippen molar-refractivity contribution in [3.8, 4) is 11.5 Å². The molecule has 0 radical (unpaired) electrons. The van der Waals surface area contributed by atoms with E-state index >= 15 is 0 Å². The maximum atomic E-state index is 5.48. The summed E-state index contributed by atoms with van der Waals surface area (Å²) in [5, 5.41) is 6.73. The Morgan fingerprint density at radius 3 is 2.57 bits per heavy atom. The average Bonchev–Trinajstić information content (AvgIpc) is 3.10. The van der Waals surface area contributed by atoms with Crippen LogP contribution in [0.3, 0.4) is 0 Å². The fraction of sp³-hybridized carbons (Fsp3) is 0.500. The van der Waals surface area contributed by atoms with Crippen LogP contribution >= 0.6 is 24.0 Å². The van der Waals surface area contributed by atoms with Gasteiger partial charge in [0.15, 0.2) is 5.96 Å². The minimum absolute atomic E-state index is 0. The van der Waals surface area contributed by atoms with Gasteiger partial charge in [-0.1, -0.05) is 13.8 Å². The molecule has 7 nitrogen and oxygen atoms in total. The van der Waals surface area contributed by atoms with Gasteiger partial charge in [0.2, 0.25) is 0 Å². The molecular weight excluding hydrogens is 469 g/mol. The molecular formula is C20H32IN5O2. The van der Waals surface area contributed by atoms with Gasteiger partial charge in [0.25, 0.3) is 0 Å². The Balaban J connectivity index is 0.00000392. The molecule has 0 aliphatic rings. The molecule has 0 saturated carbocycles. The molecule has 0 aliphatic carbocycles. The number of ether oxygens (including phenoxy) is 2. The van der Waals surface area contributed by atoms with Gasteiger partial charge in [-0.3, -0.25) is 4.99 Å². The SMILES string of the molecule is CN=C(NCc1nccn1CC(C)C)NC(C)c1cc(OC)ccc1OC.I. The lowest BCUT2D eigenvalue weighted by Gasteiger charge is -2.21. The molecule has 0 spiro atoms. The first-order chi connectivity index (χ1) is 13.0. The summed E-state index contributed by atoms with van der Waals surface area (Å²) in [7, 11) is 5.08. The Morgan fingerprint density at radius 1 is 1.21 bits per heavy atom. The summed E-state index contributed by atoms with van der Waals surface area (Å²) in [5.41, 5.74) is 1.00. The van der Waals surface area contributed by atoms with E-state index in [1.54, 1.807) is 21.3 Å². The fourth-order valence-corrected chi connectivity index (χ4v) is 2.88. The molecule has 156 valence electrons. The maximum absolute atomic E-state index is 5.48. The number of hydrogen-bond donors (Lipinski definition) is 2. The number of aromatic nitrogens is 2. The topological polar surface area (TPSA) is 72.7 Å². The third kappa shape index (κ3) is 6.57. The van der Waals surface area contributed by atoms with E-state index in [1.807, 2.05) is 30.6 Å². The summed E-state index contributed by atoms with van der Waals surface area (Å²) in [6.45, 7) is 7.99. The number of hydrogen-bond acceptors (Lipinski definition) is 4. The third-order valence-corrected chi connectivity index (χ3v) is 4.26. The lowest BCUT2D eigenvalue weighted by molar-refractivity contribution is 0.394. The van der Waals surface area contributed by atoms with E-state index in [1.165, 1.54) is 0 Å². The van der Waals surface area contributed by atoms with Crippen molar-refractivity contribution in [1.29, 1.82) is 0 Å². The van der Waals surface area contributed by atoms with E-state index in [-0.39, 0.29) is 30.0 Å². The number of nitrogens with one attached hydrogen (secondary N) is 2. The number of aliphatic imine (C=N–C) groups is 1. The molecule has 0 aliphatic heterocycles. The van der Waals surface area contributed by atoms with Gasteiger partial charge in [-0.15, -0.1) is 24.0 Å². The summed E-state index contributed by atoms with van der Waals surface area (Å²) in [6, 6.07) is 5.75. The van der Waals surface area contributed by atoms with Crippen molar-refractivity contribution in [2.45, 2.75) is 39.9 Å². The molecule has 2 N–H and O–H groups in total. The van der Waals surface area contributed by atoms with Gasteiger partial charge >= 0.3 is 0 Å². The van der Waals surface area contributed by atoms with Crippen LogP contribution in [0.15, 0.2) is 35.6 Å². The Bertz CT molecular complexity index is 761. The largest absolute Gasteiger partial charge is 0.497 e. The van der Waals surface area contributed by atoms with Gasteiger partial charge in [-0.2, -0.15) is 0 Å². The molecule has 1 unspecified atom stereocenters. The molecule has 1 aromatic carbocycles. The zero-order chi connectivity index (χ0) is 19.8. The Kier molecular flexibility index (Phi) is 10.1. The highest BCUT2D eigenvalue weighted by Crippen LogP contribution is 2.29. The monoisotopic (exact) mass is 501 g/mol. The zero-order valence-corrected chi connectivity index (χ0v) is 19.9. The molecule has 28 heavy (non-hydrogen) atoms. The van der Waals surface area contributed by atoms with Crippen LogP contribution in [0, 0.1) is 5.92 Å². The molecule has 1 atom stereocenters. The second kappa shape index (κ2) is 11.8. The molecule has 1 aromatic heterocycles. The number of methoxy groups -OCH3 is 2. The molecule has 0 amide bonds. The molecule has 8 heteroatoms. The van der Waals surface area contributed by atoms with Gasteiger partial charge in [0.05, 0.1) is 26.8 Å². The van der Waals surface area contributed by atoms with Crippen molar-refractivity contribution < 1.29 is 9.47 Å². The van der Waals surface area contributed by atoms with E-state index in [0.29, 0.717) is 18.4 Å². The number of rotatable bonds is 8. The van der Waals surface area contributed by atoms with Crippen LogP contribution in [0.4, 0.5) is 0 Å². The number of guanidine groups is 1. The predicted octanol–water partition coefficient (Wildman–Crippen LogP) is 3.60. The van der Waals surface area contributed by atoms with Crippen LogP contribution in [-0.4, -0.2) is 36.8 Å². The second-order valence-corrected chi connectivity index (χ2v) is 6.79. The van der Waals surface area contributed by atoms with Crippen molar-refractivity contribution in [3.05, 3.63) is 42.0 Å². The summed E-state index contributed by atoms with van der Waals surface area (Å²) in [4.78, 5) is 8.77. The van der Waals surface area contributed by atoms with Crippen molar-refractivity contribution in [3.63, 3.8) is 0 Å². The lowest BCUT2D eigenvalue weighted by atomic mass is 10.1. The number of benzene rings is 1. The van der Waals surface area contributed by atoms with Gasteiger partial charge < -0.3 is 24.7 Å². The van der Waals surface area contributed by atoms with Crippen molar-refractivity contribution in [2.24, 2.45) is 10.9 Å². The highest BCUT2D eigenvalue weighted by atomic mass is 127. The van der Waals surface area contributed by atoms with Crippen molar-refractivity contribution in [1.82, 2.24) is 20.2 Å². The van der Waals surface area contributed by atoms with E-state index in [9.17, 15) is 0 Å². The Morgan fingerprint density at radius 2 is 1.96 bits per heavy atom. The summed E-state index contributed by atoms with van der Waals surface area (Å²) in [6.07, 6.45) is 3.84. The highest BCUT2D eigenvalue weighted by molar-refractivity contribution is 14.0. The third-order valence-electron chi connectivity index (χ3n) is 4.26. The highest BCUT2D eigenvalue weighted by Gasteiger charge is 2.15.